The van der Waals surface area contributed by atoms with Crippen LogP contribution in [0.3, 0.4) is 0 Å². The van der Waals surface area contributed by atoms with Gasteiger partial charge in [-0.15, -0.1) is 0 Å². The standard InChI is InChI=1S/C30H29ClFNO/c1-30(2,3)22-14-10-20(11-15-22)18-24(19-21-12-16-23(32)17-13-21)33-29(34)27-8-4-7-26-25(27)6-5-9-28(26)31/h4-17,24H,18-19H2,1-3H3,(H,33,34). The molecule has 1 N–H and O–H groups in total. The van der Waals surface area contributed by atoms with Crippen molar-refractivity contribution in [3.05, 3.63) is 118 Å². The van der Waals surface area contributed by atoms with Gasteiger partial charge < -0.3 is 5.32 Å². The zero-order chi connectivity index (χ0) is 24.3. The number of amides is 1. The van der Waals surface area contributed by atoms with Crippen molar-refractivity contribution in [3.63, 3.8) is 0 Å². The molecule has 4 aromatic rings. The topological polar surface area (TPSA) is 29.1 Å². The molecule has 34 heavy (non-hydrogen) atoms. The number of fused-ring (bicyclic) bond motifs is 1. The molecule has 4 aromatic carbocycles. The summed E-state index contributed by atoms with van der Waals surface area (Å²) in [4.78, 5) is 13.4. The molecule has 1 atom stereocenters. The largest absolute Gasteiger partial charge is 0.349 e. The van der Waals surface area contributed by atoms with Crippen molar-refractivity contribution in [1.29, 1.82) is 0 Å². The van der Waals surface area contributed by atoms with E-state index in [1.807, 2.05) is 36.4 Å². The van der Waals surface area contributed by atoms with Crippen LogP contribution in [0.15, 0.2) is 84.9 Å². The Hall–Kier alpha value is -3.17. The third-order valence-electron chi connectivity index (χ3n) is 6.15. The van der Waals surface area contributed by atoms with Crippen molar-refractivity contribution in [3.8, 4) is 0 Å². The normalized spacial score (nSPS) is 12.5. The summed E-state index contributed by atoms with van der Waals surface area (Å²) in [5.41, 5.74) is 4.05. The Morgan fingerprint density at radius 3 is 2.00 bits per heavy atom. The fraction of sp³-hybridized carbons (Fsp3) is 0.233. The van der Waals surface area contributed by atoms with E-state index in [1.165, 1.54) is 17.7 Å². The SMILES string of the molecule is CC(C)(C)c1ccc(CC(Cc2ccc(F)cc2)NC(=O)c2cccc3c(Cl)cccc23)cc1. The summed E-state index contributed by atoms with van der Waals surface area (Å²) < 4.78 is 13.4. The molecule has 0 radical (unpaired) electrons. The molecule has 0 aromatic heterocycles. The zero-order valence-corrected chi connectivity index (χ0v) is 20.5. The molecule has 0 bridgehead atoms. The van der Waals surface area contributed by atoms with E-state index in [0.29, 0.717) is 23.4 Å². The molecule has 0 fully saturated rings. The second-order valence-corrected chi connectivity index (χ2v) is 10.2. The summed E-state index contributed by atoms with van der Waals surface area (Å²) in [6.45, 7) is 6.57. The Bertz CT molecular complexity index is 1290. The lowest BCUT2D eigenvalue weighted by atomic mass is 9.86. The highest BCUT2D eigenvalue weighted by atomic mass is 35.5. The minimum Gasteiger partial charge on any atom is -0.349 e. The number of carbonyl (C=O) groups is 1. The highest BCUT2D eigenvalue weighted by Gasteiger charge is 2.19. The Balaban J connectivity index is 1.61. The van der Waals surface area contributed by atoms with Crippen LogP contribution in [0, 0.1) is 5.82 Å². The van der Waals surface area contributed by atoms with Gasteiger partial charge in [-0.1, -0.05) is 93.0 Å². The fourth-order valence-electron chi connectivity index (χ4n) is 4.24. The van der Waals surface area contributed by atoms with Crippen LogP contribution in [-0.4, -0.2) is 11.9 Å². The second-order valence-electron chi connectivity index (χ2n) is 9.79. The number of nitrogens with one attached hydrogen (secondary N) is 1. The predicted octanol–water partition coefficient (Wildman–Crippen LogP) is 7.51. The summed E-state index contributed by atoms with van der Waals surface area (Å²) in [6, 6.07) is 26.0. The van der Waals surface area contributed by atoms with E-state index in [2.05, 4.69) is 50.4 Å². The first-order chi connectivity index (χ1) is 16.2. The minimum atomic E-state index is -0.269. The molecular formula is C30H29ClFNO. The van der Waals surface area contributed by atoms with E-state index in [0.717, 1.165) is 21.9 Å². The first-order valence-electron chi connectivity index (χ1n) is 11.5. The summed E-state index contributed by atoms with van der Waals surface area (Å²) in [5.74, 6) is -0.416. The van der Waals surface area contributed by atoms with Crippen molar-refractivity contribution in [2.24, 2.45) is 0 Å². The maximum atomic E-state index is 13.4. The molecule has 1 unspecified atom stereocenters. The van der Waals surface area contributed by atoms with E-state index < -0.39 is 0 Å². The molecule has 0 spiro atoms. The van der Waals surface area contributed by atoms with Crippen molar-refractivity contribution < 1.29 is 9.18 Å². The Morgan fingerprint density at radius 2 is 1.38 bits per heavy atom. The van der Waals surface area contributed by atoms with Gasteiger partial charge in [0.05, 0.1) is 0 Å². The highest BCUT2D eigenvalue weighted by Crippen LogP contribution is 2.26. The Kier molecular flexibility index (Phi) is 7.04. The van der Waals surface area contributed by atoms with Gasteiger partial charge in [0.2, 0.25) is 0 Å². The van der Waals surface area contributed by atoms with Gasteiger partial charge in [0.15, 0.2) is 0 Å². The molecule has 4 heteroatoms. The maximum Gasteiger partial charge on any atom is 0.252 e. The van der Waals surface area contributed by atoms with E-state index in [-0.39, 0.29) is 23.2 Å². The first-order valence-corrected chi connectivity index (χ1v) is 11.9. The number of halogens is 2. The van der Waals surface area contributed by atoms with E-state index >= 15 is 0 Å². The van der Waals surface area contributed by atoms with Crippen molar-refractivity contribution >= 4 is 28.3 Å². The van der Waals surface area contributed by atoms with Crippen LogP contribution < -0.4 is 5.32 Å². The third kappa shape index (κ3) is 5.66. The lowest BCUT2D eigenvalue weighted by Crippen LogP contribution is -2.38. The number of hydrogen-bond acceptors (Lipinski definition) is 1. The van der Waals surface area contributed by atoms with Crippen LogP contribution in [0.1, 0.15) is 47.8 Å². The van der Waals surface area contributed by atoms with Crippen molar-refractivity contribution in [2.75, 3.05) is 0 Å². The Morgan fingerprint density at radius 1 is 0.824 bits per heavy atom. The van der Waals surface area contributed by atoms with Crippen LogP contribution in [0.2, 0.25) is 5.02 Å². The summed E-state index contributed by atoms with van der Waals surface area (Å²) in [7, 11) is 0. The smallest absolute Gasteiger partial charge is 0.252 e. The monoisotopic (exact) mass is 473 g/mol. The highest BCUT2D eigenvalue weighted by molar-refractivity contribution is 6.36. The van der Waals surface area contributed by atoms with Gasteiger partial charge in [-0.2, -0.15) is 0 Å². The second kappa shape index (κ2) is 9.99. The molecule has 0 heterocycles. The summed E-state index contributed by atoms with van der Waals surface area (Å²) in [6.07, 6.45) is 1.26. The minimum absolute atomic E-state index is 0.0793. The molecule has 0 aliphatic carbocycles. The number of hydrogen-bond donors (Lipinski definition) is 1. The van der Waals surface area contributed by atoms with Crippen LogP contribution in [0.4, 0.5) is 4.39 Å². The van der Waals surface area contributed by atoms with Gasteiger partial charge in [0, 0.05) is 22.0 Å². The van der Waals surface area contributed by atoms with Crippen molar-refractivity contribution in [1.82, 2.24) is 5.32 Å². The number of benzene rings is 4. The summed E-state index contributed by atoms with van der Waals surface area (Å²) >= 11 is 6.35. The molecule has 1 amide bonds. The lowest BCUT2D eigenvalue weighted by Gasteiger charge is -2.22. The van der Waals surface area contributed by atoms with E-state index in [1.54, 1.807) is 12.1 Å². The lowest BCUT2D eigenvalue weighted by molar-refractivity contribution is 0.0938. The third-order valence-corrected chi connectivity index (χ3v) is 6.48. The summed E-state index contributed by atoms with van der Waals surface area (Å²) in [5, 5.41) is 5.52. The molecule has 0 aliphatic heterocycles. The van der Waals surface area contributed by atoms with Crippen molar-refractivity contribution in [2.45, 2.75) is 45.1 Å². The van der Waals surface area contributed by atoms with Gasteiger partial charge in [-0.3, -0.25) is 4.79 Å². The predicted molar refractivity (Wildman–Crippen MR) is 139 cm³/mol. The molecular weight excluding hydrogens is 445 g/mol. The molecule has 4 rings (SSSR count). The molecule has 174 valence electrons. The average Bonchev–Trinajstić information content (AvgIpc) is 2.80. The zero-order valence-electron chi connectivity index (χ0n) is 19.7. The van der Waals surface area contributed by atoms with E-state index in [4.69, 9.17) is 11.6 Å². The van der Waals surface area contributed by atoms with Gasteiger partial charge in [0.1, 0.15) is 5.82 Å². The van der Waals surface area contributed by atoms with E-state index in [9.17, 15) is 9.18 Å². The van der Waals surface area contributed by atoms with Crippen LogP contribution >= 0.6 is 11.6 Å². The van der Waals surface area contributed by atoms with Crippen LogP contribution in [-0.2, 0) is 18.3 Å². The average molecular weight is 474 g/mol. The molecule has 0 saturated heterocycles. The maximum absolute atomic E-state index is 13.4. The van der Waals surface area contributed by atoms with Gasteiger partial charge in [-0.25, -0.2) is 4.39 Å². The quantitative estimate of drug-likeness (QED) is 0.308. The van der Waals surface area contributed by atoms with Crippen LogP contribution in [0.5, 0.6) is 0 Å². The first kappa shape index (κ1) is 24.0. The molecule has 2 nitrogen and oxygen atoms in total. The Labute approximate surface area is 205 Å². The number of rotatable bonds is 6. The van der Waals surface area contributed by atoms with Gasteiger partial charge in [-0.05, 0) is 64.6 Å². The molecule has 0 saturated carbocycles. The van der Waals surface area contributed by atoms with Gasteiger partial charge in [0.25, 0.3) is 5.91 Å². The number of carbonyl (C=O) groups excluding carboxylic acids is 1. The molecule has 0 aliphatic rings. The fourth-order valence-corrected chi connectivity index (χ4v) is 4.47. The van der Waals surface area contributed by atoms with Gasteiger partial charge >= 0.3 is 0 Å². The van der Waals surface area contributed by atoms with Crippen LogP contribution in [0.25, 0.3) is 10.8 Å².